The lowest BCUT2D eigenvalue weighted by atomic mass is 10.3. The number of hydrogen-bond donors (Lipinski definition) is 1. The van der Waals surface area contributed by atoms with Crippen molar-refractivity contribution in [1.29, 1.82) is 0 Å². The van der Waals surface area contributed by atoms with Gasteiger partial charge < -0.3 is 4.74 Å². The second-order valence-corrected chi connectivity index (χ2v) is 4.41. The zero-order valence-corrected chi connectivity index (χ0v) is 9.00. The van der Waals surface area contributed by atoms with Crippen molar-refractivity contribution in [2.24, 2.45) is 0 Å². The van der Waals surface area contributed by atoms with Gasteiger partial charge in [-0.2, -0.15) is 8.42 Å². The highest BCUT2D eigenvalue weighted by Crippen LogP contribution is 2.10. The van der Waals surface area contributed by atoms with Crippen LogP contribution in [0.4, 0.5) is 0 Å². The van der Waals surface area contributed by atoms with Gasteiger partial charge in [0.1, 0.15) is 5.57 Å². The van der Waals surface area contributed by atoms with E-state index >= 15 is 0 Å². The number of nitrogens with one attached hydrogen (secondary N) is 1. The van der Waals surface area contributed by atoms with Crippen LogP contribution in [0.2, 0.25) is 0 Å². The summed E-state index contributed by atoms with van der Waals surface area (Å²) in [5.41, 5.74) is -0.339. The molecule has 7 nitrogen and oxygen atoms in total. The van der Waals surface area contributed by atoms with Crippen molar-refractivity contribution in [3.05, 3.63) is 11.8 Å². The maximum Gasteiger partial charge on any atom is 0.345 e. The van der Waals surface area contributed by atoms with E-state index in [1.807, 2.05) is 4.72 Å². The average Bonchev–Trinajstić information content (AvgIpc) is 2.15. The maximum absolute atomic E-state index is 11.4. The van der Waals surface area contributed by atoms with E-state index in [4.69, 9.17) is 0 Å². The third kappa shape index (κ3) is 2.09. The van der Waals surface area contributed by atoms with Gasteiger partial charge in [0.05, 0.1) is 6.61 Å². The van der Waals surface area contributed by atoms with Crippen LogP contribution >= 0.6 is 0 Å². The van der Waals surface area contributed by atoms with Crippen molar-refractivity contribution in [3.8, 4) is 0 Å². The molecule has 0 spiro atoms. The van der Waals surface area contributed by atoms with Crippen molar-refractivity contribution in [3.63, 3.8) is 0 Å². The number of rotatable bonds is 2. The highest BCUT2D eigenvalue weighted by molar-refractivity contribution is 7.87. The molecule has 1 rings (SSSR count). The van der Waals surface area contributed by atoms with Crippen LogP contribution in [0, 0.1) is 0 Å². The summed E-state index contributed by atoms with van der Waals surface area (Å²) in [5.74, 6) is -1.76. The average molecular weight is 234 g/mol. The summed E-state index contributed by atoms with van der Waals surface area (Å²) in [6.45, 7) is 1.69. The molecule has 0 aromatic rings. The Morgan fingerprint density at radius 3 is 2.73 bits per heavy atom. The Bertz CT molecular complexity index is 425. The van der Waals surface area contributed by atoms with Gasteiger partial charge in [0.2, 0.25) is 0 Å². The molecule has 8 heteroatoms. The molecule has 1 aliphatic rings. The molecule has 0 radical (unpaired) electrons. The van der Waals surface area contributed by atoms with Crippen molar-refractivity contribution in [2.75, 3.05) is 13.7 Å². The summed E-state index contributed by atoms with van der Waals surface area (Å²) in [6.07, 6.45) is 0.829. The second kappa shape index (κ2) is 3.89. The molecule has 0 fully saturated rings. The molecule has 1 aliphatic heterocycles. The van der Waals surface area contributed by atoms with Gasteiger partial charge in [-0.15, -0.1) is 0 Å². The van der Waals surface area contributed by atoms with E-state index in [0.717, 1.165) is 13.2 Å². The molecule has 15 heavy (non-hydrogen) atoms. The summed E-state index contributed by atoms with van der Waals surface area (Å²) in [5, 5.41) is 0. The van der Waals surface area contributed by atoms with Gasteiger partial charge in [-0.1, -0.05) is 0 Å². The minimum Gasteiger partial charge on any atom is -0.462 e. The van der Waals surface area contributed by atoms with Gasteiger partial charge in [-0.05, 0) is 6.92 Å². The summed E-state index contributed by atoms with van der Waals surface area (Å²) in [4.78, 5) is 22.6. The Labute approximate surface area is 86.9 Å². The van der Waals surface area contributed by atoms with Gasteiger partial charge in [-0.3, -0.25) is 9.52 Å². The molecular weight excluding hydrogens is 224 g/mol. The van der Waals surface area contributed by atoms with Crippen molar-refractivity contribution < 1.29 is 22.7 Å². The SMILES string of the molecule is CCOC(=O)C1=CNS(=O)(=O)N(C)C1=O. The van der Waals surface area contributed by atoms with Crippen molar-refractivity contribution in [1.82, 2.24) is 9.03 Å². The first-order chi connectivity index (χ1) is 6.90. The highest BCUT2D eigenvalue weighted by Gasteiger charge is 2.34. The molecule has 0 saturated carbocycles. The molecule has 0 unspecified atom stereocenters. The molecular formula is C7H10N2O5S. The van der Waals surface area contributed by atoms with Crippen molar-refractivity contribution in [2.45, 2.75) is 6.92 Å². The van der Waals surface area contributed by atoms with E-state index in [-0.39, 0.29) is 12.2 Å². The number of amides is 1. The maximum atomic E-state index is 11.4. The molecule has 0 aromatic heterocycles. The standard InChI is InChI=1S/C7H10N2O5S/c1-3-14-7(11)5-4-8-15(12,13)9(2)6(5)10/h4,8H,3H2,1-2H3. The van der Waals surface area contributed by atoms with Crippen LogP contribution in [0.1, 0.15) is 6.92 Å². The monoisotopic (exact) mass is 234 g/mol. The highest BCUT2D eigenvalue weighted by atomic mass is 32.2. The quantitative estimate of drug-likeness (QED) is 0.475. The van der Waals surface area contributed by atoms with Gasteiger partial charge in [0, 0.05) is 13.2 Å². The molecule has 0 atom stereocenters. The van der Waals surface area contributed by atoms with Crippen LogP contribution in [0.3, 0.4) is 0 Å². The number of likely N-dealkylation sites (N-methyl/N-ethyl adjacent to an activating group) is 1. The van der Waals surface area contributed by atoms with E-state index in [1.54, 1.807) is 6.92 Å². The number of ether oxygens (including phenoxy) is 1. The lowest BCUT2D eigenvalue weighted by molar-refractivity contribution is -0.141. The fourth-order valence-electron chi connectivity index (χ4n) is 0.908. The fraction of sp³-hybridized carbons (Fsp3) is 0.429. The summed E-state index contributed by atoms with van der Waals surface area (Å²) in [7, 11) is -2.79. The van der Waals surface area contributed by atoms with Gasteiger partial charge in [-0.25, -0.2) is 9.10 Å². The molecule has 0 saturated heterocycles. The molecule has 1 heterocycles. The van der Waals surface area contributed by atoms with Crippen LogP contribution in [0.25, 0.3) is 0 Å². The number of nitrogens with zero attached hydrogens (tertiary/aromatic N) is 1. The lowest BCUT2D eigenvalue weighted by Gasteiger charge is -2.22. The van der Waals surface area contributed by atoms with Crippen LogP contribution < -0.4 is 4.72 Å². The van der Waals surface area contributed by atoms with Gasteiger partial charge in [0.25, 0.3) is 5.91 Å². The smallest absolute Gasteiger partial charge is 0.345 e. The predicted molar refractivity (Wildman–Crippen MR) is 49.5 cm³/mol. The molecule has 84 valence electrons. The lowest BCUT2D eigenvalue weighted by Crippen LogP contribution is -2.46. The normalized spacial score (nSPS) is 19.2. The zero-order chi connectivity index (χ0) is 11.6. The fourth-order valence-corrected chi connectivity index (χ4v) is 1.65. The van der Waals surface area contributed by atoms with E-state index in [9.17, 15) is 18.0 Å². The van der Waals surface area contributed by atoms with Crippen molar-refractivity contribution >= 4 is 22.1 Å². The Balaban J connectivity index is 3.00. The second-order valence-electron chi connectivity index (χ2n) is 2.67. The van der Waals surface area contributed by atoms with E-state index in [2.05, 4.69) is 4.74 Å². The number of esters is 1. The number of carbonyl (C=O) groups excluding carboxylic acids is 2. The predicted octanol–water partition coefficient (Wildman–Crippen LogP) is -1.26. The van der Waals surface area contributed by atoms with Gasteiger partial charge >= 0.3 is 16.2 Å². The largest absolute Gasteiger partial charge is 0.462 e. The van der Waals surface area contributed by atoms with E-state index in [1.165, 1.54) is 0 Å². The van der Waals surface area contributed by atoms with E-state index < -0.39 is 22.1 Å². The number of hydrogen-bond acceptors (Lipinski definition) is 5. The minimum atomic E-state index is -3.84. The Hall–Kier alpha value is -1.57. The summed E-state index contributed by atoms with van der Waals surface area (Å²) in [6, 6.07) is 0. The zero-order valence-electron chi connectivity index (χ0n) is 8.18. The number of carbonyl (C=O) groups is 2. The van der Waals surface area contributed by atoms with Crippen LogP contribution in [0.15, 0.2) is 11.8 Å². The molecule has 1 amide bonds. The molecule has 0 aromatic carbocycles. The minimum absolute atomic E-state index is 0.111. The van der Waals surface area contributed by atoms with E-state index in [0.29, 0.717) is 4.31 Å². The topological polar surface area (TPSA) is 92.8 Å². The Morgan fingerprint density at radius 2 is 2.20 bits per heavy atom. The van der Waals surface area contributed by atoms with Crippen LogP contribution in [-0.4, -0.2) is 38.3 Å². The summed E-state index contributed by atoms with van der Waals surface area (Å²) >= 11 is 0. The van der Waals surface area contributed by atoms with Gasteiger partial charge in [0.15, 0.2) is 0 Å². The molecule has 0 bridgehead atoms. The van der Waals surface area contributed by atoms with Crippen LogP contribution in [0.5, 0.6) is 0 Å². The first kappa shape index (κ1) is 11.5. The Morgan fingerprint density at radius 1 is 1.60 bits per heavy atom. The molecule has 0 aliphatic carbocycles. The molecule has 1 N–H and O–H groups in total. The third-order valence-corrected chi connectivity index (χ3v) is 3.03. The summed E-state index contributed by atoms with van der Waals surface area (Å²) < 4.78 is 29.2. The van der Waals surface area contributed by atoms with Crippen LogP contribution in [-0.2, 0) is 24.5 Å². The first-order valence-corrected chi connectivity index (χ1v) is 5.52. The first-order valence-electron chi connectivity index (χ1n) is 4.08. The third-order valence-electron chi connectivity index (χ3n) is 1.72. The Kier molecular flexibility index (Phi) is 2.98.